The van der Waals surface area contributed by atoms with E-state index in [4.69, 9.17) is 9.72 Å². The molecule has 1 N–H and O–H groups in total. The third-order valence-electron chi connectivity index (χ3n) is 7.37. The summed E-state index contributed by atoms with van der Waals surface area (Å²) in [5.41, 5.74) is 5.78. The van der Waals surface area contributed by atoms with Gasteiger partial charge < -0.3 is 4.74 Å². The fourth-order valence-corrected chi connectivity index (χ4v) is 9.14. The Bertz CT molecular complexity index is 2110. The number of methoxy groups -OCH3 is 1. The molecular formula is C31H22BF2N3O3S2. The SMILES string of the molecule is COC(=O)c1ccc(-c2cnc3[nH]c4ccc(N5CC(F)(F)B=S5(=O)c5cccs5)cc4c3c2-c2ccccc2)cc1. The van der Waals surface area contributed by atoms with Gasteiger partial charge in [0.1, 0.15) is 0 Å². The van der Waals surface area contributed by atoms with Crippen LogP contribution >= 0.6 is 11.3 Å². The molecule has 208 valence electrons. The number of carbonyl (C=O) groups excluding carboxylic acids is 1. The Morgan fingerprint density at radius 1 is 1.05 bits per heavy atom. The van der Waals surface area contributed by atoms with Gasteiger partial charge in [0.05, 0.1) is 7.11 Å². The number of nitrogens with one attached hydrogen (secondary N) is 1. The van der Waals surface area contributed by atoms with Gasteiger partial charge in [0.25, 0.3) is 0 Å². The minimum atomic E-state index is -3.31. The molecule has 6 nitrogen and oxygen atoms in total. The fraction of sp³-hybridized carbons (Fsp3) is 0.0968. The van der Waals surface area contributed by atoms with Crippen LogP contribution in [0, 0.1) is 0 Å². The Balaban J connectivity index is 1.46. The molecule has 3 aromatic carbocycles. The number of pyridine rings is 1. The number of alkyl halides is 2. The van der Waals surface area contributed by atoms with Crippen molar-refractivity contribution in [3.8, 4) is 22.3 Å². The second-order valence-electron chi connectivity index (χ2n) is 9.98. The molecule has 6 aromatic rings. The first-order chi connectivity index (χ1) is 20.3. The Morgan fingerprint density at radius 3 is 2.55 bits per heavy atom. The molecule has 1 aliphatic heterocycles. The summed E-state index contributed by atoms with van der Waals surface area (Å²) in [6, 6.07) is 25.6. The molecule has 0 amide bonds. The van der Waals surface area contributed by atoms with E-state index in [1.807, 2.05) is 54.6 Å². The second kappa shape index (κ2) is 9.89. The van der Waals surface area contributed by atoms with Crippen LogP contribution in [0.1, 0.15) is 10.4 Å². The zero-order chi connectivity index (χ0) is 29.1. The number of H-pyrrole nitrogens is 1. The van der Waals surface area contributed by atoms with E-state index in [1.54, 1.807) is 41.9 Å². The van der Waals surface area contributed by atoms with Crippen molar-refractivity contribution in [2.75, 3.05) is 18.0 Å². The molecule has 11 heteroatoms. The molecular weight excluding hydrogens is 575 g/mol. The number of halogens is 2. The predicted molar refractivity (Wildman–Crippen MR) is 165 cm³/mol. The average molecular weight is 597 g/mol. The van der Waals surface area contributed by atoms with Gasteiger partial charge in [-0.25, -0.2) is 4.79 Å². The van der Waals surface area contributed by atoms with Crippen LogP contribution < -0.4 is 4.31 Å². The summed E-state index contributed by atoms with van der Waals surface area (Å²) in [5, 5.41) is 3.32. The molecule has 7 rings (SSSR count). The Kier molecular flexibility index (Phi) is 6.25. The number of anilines is 1. The van der Waals surface area contributed by atoms with E-state index in [2.05, 4.69) is 4.98 Å². The summed E-state index contributed by atoms with van der Waals surface area (Å²) in [7, 11) is -1.97. The maximum atomic E-state index is 14.8. The number of aromatic amines is 1. The standard InChI is InChI=1S/C31H22BF2N3O3S2/c1-40-30(38)21-11-9-19(10-12-21)24-17-35-29-28(27(24)20-6-3-2-4-7-20)23-16-22(13-14-25(23)36-29)37-18-31(33,34)32-42(37,39)26-8-5-15-41-26/h2-17H,18H2,1H3,(H,35,36). The molecule has 0 bridgehead atoms. The number of thiophene rings is 1. The Morgan fingerprint density at radius 2 is 1.83 bits per heavy atom. The molecule has 1 aliphatic rings. The summed E-state index contributed by atoms with van der Waals surface area (Å²) in [6.07, 6.45) is 2.48. The summed E-state index contributed by atoms with van der Waals surface area (Å²) in [4.78, 5) is 20.1. The molecule has 1 atom stereocenters. The van der Waals surface area contributed by atoms with Gasteiger partial charge in [-0.3, -0.25) is 0 Å². The van der Waals surface area contributed by atoms with Crippen LogP contribution in [0.3, 0.4) is 0 Å². The van der Waals surface area contributed by atoms with Crippen molar-refractivity contribution < 1.29 is 22.5 Å². The van der Waals surface area contributed by atoms with Gasteiger partial charge in [-0.2, -0.15) is 0 Å². The number of esters is 1. The number of ether oxygens (including phenoxy) is 1. The van der Waals surface area contributed by atoms with Crippen LogP contribution in [-0.4, -0.2) is 45.8 Å². The third kappa shape index (κ3) is 4.31. The molecule has 42 heavy (non-hydrogen) atoms. The molecule has 0 saturated carbocycles. The van der Waals surface area contributed by atoms with Crippen molar-refractivity contribution in [3.63, 3.8) is 0 Å². The zero-order valence-electron chi connectivity index (χ0n) is 22.2. The molecule has 1 unspecified atom stereocenters. The first-order valence-electron chi connectivity index (χ1n) is 13.1. The van der Waals surface area contributed by atoms with Crippen molar-refractivity contribution in [2.24, 2.45) is 0 Å². The Hall–Kier alpha value is -4.35. The molecule has 0 fully saturated rings. The van der Waals surface area contributed by atoms with Crippen LogP contribution in [0.15, 0.2) is 101 Å². The van der Waals surface area contributed by atoms with E-state index in [1.165, 1.54) is 22.8 Å². The van der Waals surface area contributed by atoms with E-state index in [9.17, 15) is 17.8 Å². The van der Waals surface area contributed by atoms with Crippen molar-refractivity contribution >= 4 is 60.6 Å². The number of aromatic nitrogens is 2. The van der Waals surface area contributed by atoms with E-state index in [-0.39, 0.29) is 0 Å². The topological polar surface area (TPSA) is 75.3 Å². The summed E-state index contributed by atoms with van der Waals surface area (Å²) in [5.74, 6) is -3.64. The van der Waals surface area contributed by atoms with Gasteiger partial charge in [-0.15, -0.1) is 0 Å². The van der Waals surface area contributed by atoms with E-state index in [0.29, 0.717) is 27.3 Å². The number of hydrogen-bond donors (Lipinski definition) is 1. The van der Waals surface area contributed by atoms with Crippen LogP contribution in [0.25, 0.3) is 44.2 Å². The second-order valence-corrected chi connectivity index (χ2v) is 13.4. The number of rotatable bonds is 5. The first kappa shape index (κ1) is 26.5. The van der Waals surface area contributed by atoms with Crippen molar-refractivity contribution in [1.29, 1.82) is 0 Å². The van der Waals surface area contributed by atoms with E-state index in [0.717, 1.165) is 38.5 Å². The quantitative estimate of drug-likeness (QED) is 0.169. The normalized spacial score (nSPS) is 17.7. The van der Waals surface area contributed by atoms with Crippen LogP contribution in [0.5, 0.6) is 0 Å². The van der Waals surface area contributed by atoms with E-state index >= 15 is 0 Å². The summed E-state index contributed by atoms with van der Waals surface area (Å²) >= 11 is 1.20. The molecule has 3 aromatic heterocycles. The van der Waals surface area contributed by atoms with Gasteiger partial charge >= 0.3 is 229 Å². The number of benzene rings is 3. The monoisotopic (exact) mass is 597 g/mol. The number of fused-ring (bicyclic) bond motifs is 3. The van der Waals surface area contributed by atoms with Gasteiger partial charge in [-0.05, 0) is 0 Å². The van der Waals surface area contributed by atoms with Crippen molar-refractivity contribution in [3.05, 3.63) is 102 Å². The van der Waals surface area contributed by atoms with Gasteiger partial charge in [0, 0.05) is 0 Å². The zero-order valence-corrected chi connectivity index (χ0v) is 23.8. The molecule has 0 spiro atoms. The summed E-state index contributed by atoms with van der Waals surface area (Å²) < 4.78 is 50.2. The Labute approximate surface area is 244 Å². The van der Waals surface area contributed by atoms with Crippen LogP contribution in [0.2, 0.25) is 0 Å². The van der Waals surface area contributed by atoms with E-state index < -0.39 is 27.9 Å². The third-order valence-corrected chi connectivity index (χ3v) is 11.4. The van der Waals surface area contributed by atoms with Gasteiger partial charge in [0.2, 0.25) is 0 Å². The van der Waals surface area contributed by atoms with Gasteiger partial charge in [-0.1, -0.05) is 0 Å². The van der Waals surface area contributed by atoms with Crippen molar-refractivity contribution in [1.82, 2.24) is 9.97 Å². The molecule has 4 heterocycles. The first-order valence-corrected chi connectivity index (χ1v) is 15.5. The molecule has 0 aliphatic carbocycles. The summed E-state index contributed by atoms with van der Waals surface area (Å²) in [6.45, 7) is -0.681. The number of nitrogens with zero attached hydrogens (tertiary/aromatic N) is 2. The fourth-order valence-electron chi connectivity index (χ4n) is 5.49. The number of carbonyl (C=O) groups is 1. The number of hydrogen-bond acceptors (Lipinski definition) is 5. The molecule has 0 radical (unpaired) electrons. The average Bonchev–Trinajstić information content (AvgIpc) is 3.73. The predicted octanol–water partition coefficient (Wildman–Crippen LogP) is 7.19. The van der Waals surface area contributed by atoms with Crippen LogP contribution in [-0.2, 0) is 14.3 Å². The molecule has 0 saturated heterocycles. The maximum absolute atomic E-state index is 14.8. The minimum absolute atomic E-state index is 0.392. The van der Waals surface area contributed by atoms with Crippen molar-refractivity contribution in [2.45, 2.75) is 10.0 Å². The van der Waals surface area contributed by atoms with Gasteiger partial charge in [0.15, 0.2) is 0 Å². The van der Waals surface area contributed by atoms with Crippen LogP contribution in [0.4, 0.5) is 14.5 Å².